The number of hydrogen-bond donors (Lipinski definition) is 4. The smallest absolute Gasteiger partial charge is 0.369 e. The summed E-state index contributed by atoms with van der Waals surface area (Å²) in [5, 5.41) is 0. The Morgan fingerprint density at radius 2 is 1.83 bits per heavy atom. The van der Waals surface area contributed by atoms with Crippen molar-refractivity contribution in [2.24, 2.45) is 0 Å². The van der Waals surface area contributed by atoms with E-state index in [0.29, 0.717) is 29.8 Å². The van der Waals surface area contributed by atoms with Gasteiger partial charge in [-0.3, -0.25) is 32.4 Å². The molecular weight excluding hydrogens is 620 g/mol. The van der Waals surface area contributed by atoms with Crippen LogP contribution in [0.3, 0.4) is 0 Å². The van der Waals surface area contributed by atoms with Crippen LogP contribution in [-0.4, -0.2) is 64.0 Å². The molecule has 17 nitrogen and oxygen atoms in total. The van der Waals surface area contributed by atoms with Gasteiger partial charge in [0.05, 0.1) is 31.3 Å². The van der Waals surface area contributed by atoms with Gasteiger partial charge in [0.1, 0.15) is 30.4 Å². The Morgan fingerprint density at radius 1 is 1.02 bits per heavy atom. The second-order valence-corrected chi connectivity index (χ2v) is 15.5. The molecule has 4 aliphatic rings. The van der Waals surface area contributed by atoms with Crippen molar-refractivity contribution in [2.45, 2.75) is 56.5 Å². The van der Waals surface area contributed by atoms with Gasteiger partial charge in [-0.05, 0) is 12.8 Å². The molecule has 7 heterocycles. The van der Waals surface area contributed by atoms with Crippen LogP contribution in [0.1, 0.15) is 37.4 Å². The third-order valence-electron chi connectivity index (χ3n) is 7.06. The molecule has 4 aromatic heterocycles. The SMILES string of the molecule is Nc1nc2c(ncn2[C@@H]2O[C@@H]3COP(=O)(S)O[C@H]4C[C@H](C4)n4c(nc5cncnc54)COP(=O)(S)O[C@@H]2C3)c(=O)[nH]1. The lowest BCUT2D eigenvalue weighted by molar-refractivity contribution is -0.0441. The molecule has 0 radical (unpaired) electrons. The average Bonchev–Trinajstić information content (AvgIpc) is 3.58. The summed E-state index contributed by atoms with van der Waals surface area (Å²) in [6.45, 7) is -8.20. The van der Waals surface area contributed by atoms with Crippen LogP contribution in [-0.2, 0) is 38.6 Å². The summed E-state index contributed by atoms with van der Waals surface area (Å²) >= 11 is 8.38. The van der Waals surface area contributed by atoms with Crippen LogP contribution in [0.5, 0.6) is 0 Å². The zero-order valence-corrected chi connectivity index (χ0v) is 24.5. The topological polar surface area (TPSA) is 213 Å². The van der Waals surface area contributed by atoms with Crippen LogP contribution in [0.2, 0.25) is 0 Å². The lowest BCUT2D eigenvalue weighted by Crippen LogP contribution is -2.33. The summed E-state index contributed by atoms with van der Waals surface area (Å²) in [5.41, 5.74) is 6.41. The van der Waals surface area contributed by atoms with Crippen molar-refractivity contribution in [3.63, 3.8) is 0 Å². The number of H-pyrrole nitrogens is 1. The minimum Gasteiger partial charge on any atom is -0.369 e. The van der Waals surface area contributed by atoms with Gasteiger partial charge in [0, 0.05) is 12.5 Å². The van der Waals surface area contributed by atoms with Gasteiger partial charge >= 0.3 is 13.6 Å². The second-order valence-electron chi connectivity index (χ2n) is 9.79. The van der Waals surface area contributed by atoms with E-state index in [1.807, 2.05) is 4.57 Å². The van der Waals surface area contributed by atoms with Crippen molar-refractivity contribution >= 4 is 66.4 Å². The molecule has 1 saturated heterocycles. The monoisotopic (exact) mass is 643 g/mol. The number of ether oxygens (including phenoxy) is 1. The van der Waals surface area contributed by atoms with Crippen LogP contribution >= 0.6 is 38.1 Å². The first-order valence-electron chi connectivity index (χ1n) is 12.4. The zero-order valence-electron chi connectivity index (χ0n) is 20.9. The van der Waals surface area contributed by atoms with Gasteiger partial charge in [0.15, 0.2) is 23.0 Å². The molecule has 0 amide bonds. The van der Waals surface area contributed by atoms with Crippen molar-refractivity contribution in [2.75, 3.05) is 12.3 Å². The number of thiol groups is 2. The highest BCUT2D eigenvalue weighted by atomic mass is 32.7. The van der Waals surface area contributed by atoms with E-state index in [-0.39, 0.29) is 48.9 Å². The molecule has 0 aromatic carbocycles. The highest BCUT2D eigenvalue weighted by molar-refractivity contribution is 8.44. The Labute approximate surface area is 240 Å². The minimum atomic E-state index is -4.04. The minimum absolute atomic E-state index is 0.0131. The number of nitrogens with zero attached hydrogens (tertiary/aromatic N) is 7. The number of nitrogens with one attached hydrogen (secondary N) is 1. The Morgan fingerprint density at radius 3 is 2.66 bits per heavy atom. The number of fused-ring (bicyclic) bond motifs is 8. The van der Waals surface area contributed by atoms with E-state index in [2.05, 4.69) is 54.4 Å². The fourth-order valence-corrected chi connectivity index (χ4v) is 8.22. The van der Waals surface area contributed by atoms with E-state index < -0.39 is 37.6 Å². The Hall–Kier alpha value is -2.34. The lowest BCUT2D eigenvalue weighted by Gasteiger charge is -2.37. The van der Waals surface area contributed by atoms with Crippen molar-refractivity contribution in [1.82, 2.24) is 39.0 Å². The van der Waals surface area contributed by atoms with E-state index in [9.17, 15) is 13.9 Å². The summed E-state index contributed by atoms with van der Waals surface area (Å²) in [7, 11) is 0. The van der Waals surface area contributed by atoms with E-state index >= 15 is 0 Å². The van der Waals surface area contributed by atoms with Crippen molar-refractivity contribution in [3.05, 3.63) is 35.0 Å². The fraction of sp³-hybridized carbons (Fsp3) is 0.500. The van der Waals surface area contributed by atoms with Crippen molar-refractivity contribution in [1.29, 1.82) is 0 Å². The summed E-state index contributed by atoms with van der Waals surface area (Å²) < 4.78 is 58.9. The fourth-order valence-electron chi connectivity index (χ4n) is 5.24. The number of nitrogens with two attached hydrogens (primary N) is 1. The molecule has 3 aliphatic heterocycles. The van der Waals surface area contributed by atoms with E-state index in [4.69, 9.17) is 28.6 Å². The van der Waals surface area contributed by atoms with Crippen LogP contribution in [0, 0.1) is 0 Å². The van der Waals surface area contributed by atoms with E-state index in [1.54, 1.807) is 6.20 Å². The standard InChI is InChI=1S/C20H23N9O8P2S2/c21-20-26-17-15(18(30)27-20)24-8-28(17)19-13-3-11(35-19)5-33-38(31,40)36-10-1-9(2-10)29-14(6-34-39(32,41)37-13)25-12-4-22-7-23-16(12)29/h4,7-11,13,19H,1-3,5-6H2,(H,31,40)(H,32,41)(H3,21,26,27,30)/t9-,10+,11-,13+,19+,38?,39?/m0/s1. The van der Waals surface area contributed by atoms with Crippen LogP contribution < -0.4 is 11.3 Å². The first-order valence-corrected chi connectivity index (χ1v) is 17.8. The molecule has 218 valence electrons. The summed E-state index contributed by atoms with van der Waals surface area (Å²) in [4.78, 5) is 35.9. The number of imidazole rings is 2. The maximum Gasteiger partial charge on any atom is 0.386 e. The molecule has 21 heteroatoms. The van der Waals surface area contributed by atoms with Gasteiger partial charge in [-0.1, -0.05) is 24.5 Å². The molecule has 3 N–H and O–H groups in total. The summed E-state index contributed by atoms with van der Waals surface area (Å²) in [6, 6.07) is -0.110. The highest BCUT2D eigenvalue weighted by Crippen LogP contribution is 2.60. The van der Waals surface area contributed by atoms with Gasteiger partial charge in [-0.2, -0.15) is 4.98 Å². The van der Waals surface area contributed by atoms with E-state index in [0.717, 1.165) is 0 Å². The van der Waals surface area contributed by atoms with Gasteiger partial charge < -0.3 is 15.0 Å². The number of hydrogen-bond acceptors (Lipinski definition) is 14. The normalized spacial score (nSPS) is 34.4. The first-order chi connectivity index (χ1) is 19.6. The number of rotatable bonds is 1. The number of aromatic amines is 1. The number of anilines is 1. The maximum absolute atomic E-state index is 13.5. The summed E-state index contributed by atoms with van der Waals surface area (Å²) in [5.74, 6) is 0.295. The van der Waals surface area contributed by atoms with Gasteiger partial charge in [-0.15, -0.1) is 0 Å². The highest BCUT2D eigenvalue weighted by Gasteiger charge is 2.44. The molecule has 1 aliphatic carbocycles. The van der Waals surface area contributed by atoms with Gasteiger partial charge in [0.2, 0.25) is 5.95 Å². The molecule has 1 saturated carbocycles. The quantitative estimate of drug-likeness (QED) is 0.173. The van der Waals surface area contributed by atoms with Gasteiger partial charge in [-0.25, -0.2) is 29.1 Å². The molecule has 0 spiro atoms. The molecule has 8 rings (SSSR count). The lowest BCUT2D eigenvalue weighted by atomic mass is 9.89. The molecular formula is C20H23N9O8P2S2. The summed E-state index contributed by atoms with van der Waals surface area (Å²) in [6.07, 6.45) is 2.33. The number of nitrogen functional groups attached to an aromatic ring is 1. The van der Waals surface area contributed by atoms with Crippen LogP contribution in [0.4, 0.5) is 5.95 Å². The van der Waals surface area contributed by atoms with Crippen LogP contribution in [0.15, 0.2) is 23.6 Å². The molecule has 2 unspecified atom stereocenters. The molecule has 4 aromatic rings. The average molecular weight is 644 g/mol. The van der Waals surface area contributed by atoms with Crippen molar-refractivity contribution in [3.8, 4) is 0 Å². The Balaban J connectivity index is 1.24. The van der Waals surface area contributed by atoms with Crippen molar-refractivity contribution < 1.29 is 32.0 Å². The predicted molar refractivity (Wildman–Crippen MR) is 148 cm³/mol. The van der Waals surface area contributed by atoms with E-state index in [1.165, 1.54) is 17.2 Å². The Bertz CT molecular complexity index is 1810. The second kappa shape index (κ2) is 10.1. The third kappa shape index (κ3) is 5.23. The third-order valence-corrected chi connectivity index (χ3v) is 10.4. The van der Waals surface area contributed by atoms with Crippen LogP contribution in [0.25, 0.3) is 22.3 Å². The first kappa shape index (κ1) is 27.5. The number of aromatic nitrogens is 8. The van der Waals surface area contributed by atoms with Gasteiger partial charge in [0.25, 0.3) is 5.56 Å². The molecule has 4 bridgehead atoms. The maximum atomic E-state index is 13.5. The zero-order chi connectivity index (χ0) is 28.5. The molecule has 5 atom stereocenters. The predicted octanol–water partition coefficient (Wildman–Crippen LogP) is 2.56. The molecule has 41 heavy (non-hydrogen) atoms. The largest absolute Gasteiger partial charge is 0.386 e. The molecule has 2 fully saturated rings. The Kier molecular flexibility index (Phi) is 6.80.